The lowest BCUT2D eigenvalue weighted by atomic mass is 10.3. The molecule has 66 valence electrons. The molecule has 0 amide bonds. The zero-order valence-corrected chi connectivity index (χ0v) is 7.07. The molecule has 1 aromatic rings. The van der Waals surface area contributed by atoms with E-state index in [0.29, 0.717) is 0 Å². The summed E-state index contributed by atoms with van der Waals surface area (Å²) in [6, 6.07) is 0. The van der Waals surface area contributed by atoms with E-state index in [1.807, 2.05) is 0 Å². The predicted molar refractivity (Wildman–Crippen MR) is 41.4 cm³/mol. The molecule has 7 heteroatoms. The summed E-state index contributed by atoms with van der Waals surface area (Å²) in [6.07, 6.45) is -2.80. The molecule has 0 fully saturated rings. The second-order valence-electron chi connectivity index (χ2n) is 1.88. The lowest BCUT2D eigenvalue weighted by Crippen LogP contribution is -2.00. The molecule has 0 atom stereocenters. The molecule has 0 aliphatic heterocycles. The zero-order valence-electron chi connectivity index (χ0n) is 5.56. The average Bonchev–Trinajstić information content (AvgIpc) is 1.82. The van der Waals surface area contributed by atoms with Gasteiger partial charge in [-0.05, 0) is 0 Å². The molecule has 12 heavy (non-hydrogen) atoms. The zero-order chi connectivity index (χ0) is 9.30. The Balaban J connectivity index is 3.28. The first-order valence-corrected chi connectivity index (χ1v) is 3.54. The van der Waals surface area contributed by atoms with Gasteiger partial charge in [-0.1, -0.05) is 23.2 Å². The van der Waals surface area contributed by atoms with Gasteiger partial charge in [0, 0.05) is 0 Å². The van der Waals surface area contributed by atoms with Gasteiger partial charge in [-0.2, -0.15) is 0 Å². The molecule has 1 heterocycles. The topological polar surface area (TPSA) is 51.8 Å². The third-order valence-corrected chi connectivity index (χ3v) is 1.66. The van der Waals surface area contributed by atoms with E-state index in [0.717, 1.165) is 0 Å². The minimum absolute atomic E-state index is 0.227. The molecule has 2 N–H and O–H groups in total. The fourth-order valence-corrected chi connectivity index (χ4v) is 1.18. The Morgan fingerprint density at radius 1 is 1.17 bits per heavy atom. The second kappa shape index (κ2) is 3.37. The Labute approximate surface area is 76.5 Å². The van der Waals surface area contributed by atoms with Crippen molar-refractivity contribution < 1.29 is 8.78 Å². The van der Waals surface area contributed by atoms with Gasteiger partial charge in [0.25, 0.3) is 6.43 Å². The van der Waals surface area contributed by atoms with Gasteiger partial charge in [-0.3, -0.25) is 0 Å². The fraction of sp³-hybridized carbons (Fsp3) is 0.200. The standard InChI is InChI=1S/C5H3Cl2F2N3/c6-2-1(4(8)9)3(7)12-5(10)11-2/h4H,(H2,10,11,12). The van der Waals surface area contributed by atoms with Crippen LogP contribution in [0.15, 0.2) is 0 Å². The SMILES string of the molecule is Nc1nc(Cl)c(C(F)F)c(Cl)n1. The molecular formula is C5H3Cl2F2N3. The van der Waals surface area contributed by atoms with Gasteiger partial charge >= 0.3 is 0 Å². The van der Waals surface area contributed by atoms with Gasteiger partial charge in [-0.15, -0.1) is 0 Å². The molecule has 3 nitrogen and oxygen atoms in total. The van der Waals surface area contributed by atoms with E-state index in [2.05, 4.69) is 9.97 Å². The summed E-state index contributed by atoms with van der Waals surface area (Å²) < 4.78 is 24.3. The summed E-state index contributed by atoms with van der Waals surface area (Å²) in [7, 11) is 0. The van der Waals surface area contributed by atoms with Crippen molar-refractivity contribution >= 4 is 29.2 Å². The Bertz CT molecular complexity index is 282. The number of nitrogen functional groups attached to an aromatic ring is 1. The Morgan fingerprint density at radius 3 is 1.92 bits per heavy atom. The first kappa shape index (κ1) is 9.41. The number of hydrogen-bond acceptors (Lipinski definition) is 3. The minimum Gasteiger partial charge on any atom is -0.368 e. The highest BCUT2D eigenvalue weighted by Gasteiger charge is 2.19. The summed E-state index contributed by atoms with van der Waals surface area (Å²) >= 11 is 10.7. The van der Waals surface area contributed by atoms with E-state index < -0.39 is 22.3 Å². The van der Waals surface area contributed by atoms with Crippen molar-refractivity contribution in [2.45, 2.75) is 6.43 Å². The highest BCUT2D eigenvalue weighted by molar-refractivity contribution is 6.34. The number of rotatable bonds is 1. The molecule has 1 aromatic heterocycles. The second-order valence-corrected chi connectivity index (χ2v) is 2.59. The van der Waals surface area contributed by atoms with Crippen LogP contribution in [0.3, 0.4) is 0 Å². The summed E-state index contributed by atoms with van der Waals surface area (Å²) in [5.74, 6) is -0.227. The van der Waals surface area contributed by atoms with Crippen molar-refractivity contribution in [3.63, 3.8) is 0 Å². The molecule has 0 unspecified atom stereocenters. The molecule has 1 rings (SSSR count). The highest BCUT2D eigenvalue weighted by Crippen LogP contribution is 2.31. The van der Waals surface area contributed by atoms with Crippen LogP contribution in [-0.2, 0) is 0 Å². The normalized spacial score (nSPS) is 10.8. The van der Waals surface area contributed by atoms with Crippen molar-refractivity contribution in [2.24, 2.45) is 0 Å². The van der Waals surface area contributed by atoms with Crippen LogP contribution < -0.4 is 5.73 Å². The van der Waals surface area contributed by atoms with E-state index in [4.69, 9.17) is 28.9 Å². The van der Waals surface area contributed by atoms with E-state index >= 15 is 0 Å². The lowest BCUT2D eigenvalue weighted by Gasteiger charge is -2.03. The third-order valence-electron chi connectivity index (χ3n) is 1.09. The van der Waals surface area contributed by atoms with Crippen LogP contribution in [0.2, 0.25) is 10.3 Å². The average molecular weight is 214 g/mol. The van der Waals surface area contributed by atoms with Crippen molar-refractivity contribution in [2.75, 3.05) is 5.73 Å². The Kier molecular flexibility index (Phi) is 2.64. The number of nitrogens with zero attached hydrogens (tertiary/aromatic N) is 2. The molecule has 0 aliphatic rings. The van der Waals surface area contributed by atoms with Crippen LogP contribution in [0.1, 0.15) is 12.0 Å². The lowest BCUT2D eigenvalue weighted by molar-refractivity contribution is 0.151. The molecule has 0 radical (unpaired) electrons. The smallest absolute Gasteiger partial charge is 0.269 e. The maximum absolute atomic E-state index is 12.1. The van der Waals surface area contributed by atoms with Crippen molar-refractivity contribution in [3.8, 4) is 0 Å². The number of hydrogen-bond donors (Lipinski definition) is 1. The maximum Gasteiger partial charge on any atom is 0.269 e. The van der Waals surface area contributed by atoms with Crippen LogP contribution in [0.25, 0.3) is 0 Å². The molecule has 0 aromatic carbocycles. The van der Waals surface area contributed by atoms with E-state index in [1.54, 1.807) is 0 Å². The Hall–Kier alpha value is -0.680. The van der Waals surface area contributed by atoms with Crippen LogP contribution in [-0.4, -0.2) is 9.97 Å². The van der Waals surface area contributed by atoms with Crippen molar-refractivity contribution in [1.82, 2.24) is 9.97 Å². The van der Waals surface area contributed by atoms with Gasteiger partial charge < -0.3 is 5.73 Å². The van der Waals surface area contributed by atoms with Crippen molar-refractivity contribution in [3.05, 3.63) is 15.9 Å². The summed E-state index contributed by atoms with van der Waals surface area (Å²) in [5.41, 5.74) is 4.50. The quantitative estimate of drug-likeness (QED) is 0.729. The number of anilines is 1. The van der Waals surface area contributed by atoms with Crippen LogP contribution in [0.4, 0.5) is 14.7 Å². The number of nitrogens with two attached hydrogens (primary N) is 1. The largest absolute Gasteiger partial charge is 0.368 e. The maximum atomic E-state index is 12.1. The Morgan fingerprint density at radius 2 is 1.58 bits per heavy atom. The molecule has 0 saturated heterocycles. The molecule has 0 bridgehead atoms. The number of halogens is 4. The summed E-state index contributed by atoms with van der Waals surface area (Å²) in [6.45, 7) is 0. The van der Waals surface area contributed by atoms with E-state index in [1.165, 1.54) is 0 Å². The van der Waals surface area contributed by atoms with Gasteiger partial charge in [0.2, 0.25) is 5.95 Å². The highest BCUT2D eigenvalue weighted by atomic mass is 35.5. The summed E-state index contributed by atoms with van der Waals surface area (Å²) in [5, 5.41) is -0.829. The fourth-order valence-electron chi connectivity index (χ4n) is 0.612. The van der Waals surface area contributed by atoms with Gasteiger partial charge in [0.05, 0.1) is 5.56 Å². The first-order valence-electron chi connectivity index (χ1n) is 2.79. The molecule has 0 spiro atoms. The van der Waals surface area contributed by atoms with Crippen LogP contribution >= 0.6 is 23.2 Å². The molecular weight excluding hydrogens is 211 g/mol. The first-order chi connectivity index (χ1) is 5.52. The van der Waals surface area contributed by atoms with Gasteiger partial charge in [0.15, 0.2) is 0 Å². The van der Waals surface area contributed by atoms with Crippen LogP contribution in [0, 0.1) is 0 Å². The van der Waals surface area contributed by atoms with Crippen molar-refractivity contribution in [1.29, 1.82) is 0 Å². The minimum atomic E-state index is -2.80. The number of alkyl halides is 2. The van der Waals surface area contributed by atoms with Crippen LogP contribution in [0.5, 0.6) is 0 Å². The summed E-state index contributed by atoms with van der Waals surface area (Å²) in [4.78, 5) is 6.65. The van der Waals surface area contributed by atoms with Gasteiger partial charge in [0.1, 0.15) is 10.3 Å². The molecule has 0 saturated carbocycles. The van der Waals surface area contributed by atoms with E-state index in [-0.39, 0.29) is 5.95 Å². The predicted octanol–water partition coefficient (Wildman–Crippen LogP) is 2.30. The van der Waals surface area contributed by atoms with E-state index in [9.17, 15) is 8.78 Å². The number of aromatic nitrogens is 2. The third kappa shape index (κ3) is 1.73. The molecule has 0 aliphatic carbocycles. The monoisotopic (exact) mass is 213 g/mol. The van der Waals surface area contributed by atoms with Gasteiger partial charge in [-0.25, -0.2) is 18.7 Å².